The third-order valence-corrected chi connectivity index (χ3v) is 5.64. The highest BCUT2D eigenvalue weighted by atomic mass is 16.5. The summed E-state index contributed by atoms with van der Waals surface area (Å²) in [5.74, 6) is -1.57. The summed E-state index contributed by atoms with van der Waals surface area (Å²) in [6, 6.07) is 5.37. The number of hydrogen-bond acceptors (Lipinski definition) is 8. The van der Waals surface area contributed by atoms with Crippen molar-refractivity contribution in [1.29, 1.82) is 0 Å². The van der Waals surface area contributed by atoms with Gasteiger partial charge in [-0.3, -0.25) is 19.7 Å². The maximum Gasteiger partial charge on any atom is 0.337 e. The molecule has 2 heterocycles. The lowest BCUT2D eigenvalue weighted by molar-refractivity contribution is -0.139. The molecule has 10 heteroatoms. The molecule has 0 radical (unpaired) electrons. The van der Waals surface area contributed by atoms with Crippen LogP contribution in [0, 0.1) is 5.92 Å². The summed E-state index contributed by atoms with van der Waals surface area (Å²) >= 11 is 0. The Kier molecular flexibility index (Phi) is 6.60. The number of rotatable bonds is 6. The minimum Gasteiger partial charge on any atom is -0.468 e. The van der Waals surface area contributed by atoms with Crippen LogP contribution in [0.1, 0.15) is 12.0 Å². The third kappa shape index (κ3) is 4.76. The molecule has 0 saturated carbocycles. The Bertz CT molecular complexity index is 1190. The largest absolute Gasteiger partial charge is 0.468 e. The molecular formula is C24H24N4O6. The number of amides is 2. The van der Waals surface area contributed by atoms with E-state index in [1.165, 1.54) is 14.2 Å². The first-order valence-corrected chi connectivity index (χ1v) is 10.6. The first kappa shape index (κ1) is 23.0. The van der Waals surface area contributed by atoms with Gasteiger partial charge < -0.3 is 25.4 Å². The molecule has 1 saturated heterocycles. The van der Waals surface area contributed by atoms with Gasteiger partial charge in [0.2, 0.25) is 5.91 Å². The molecule has 34 heavy (non-hydrogen) atoms. The van der Waals surface area contributed by atoms with E-state index in [1.54, 1.807) is 18.2 Å². The Labute approximate surface area is 195 Å². The van der Waals surface area contributed by atoms with E-state index >= 15 is 0 Å². The summed E-state index contributed by atoms with van der Waals surface area (Å²) in [5, 5.41) is 11.6. The van der Waals surface area contributed by atoms with Gasteiger partial charge in [0.15, 0.2) is 0 Å². The summed E-state index contributed by atoms with van der Waals surface area (Å²) < 4.78 is 9.28. The number of anilines is 2. The molecule has 1 fully saturated rings. The SMILES string of the molecule is COC(=O)CNCC(=O)Nc1ccc2c(c1)C=C/C(=C1/C(=O)NC3=CC(C(=O)OC)=CCC31)N2. The van der Waals surface area contributed by atoms with Crippen LogP contribution in [0.5, 0.6) is 0 Å². The highest BCUT2D eigenvalue weighted by Crippen LogP contribution is 2.38. The lowest BCUT2D eigenvalue weighted by Crippen LogP contribution is -2.32. The molecule has 10 nitrogen and oxygen atoms in total. The van der Waals surface area contributed by atoms with Crippen LogP contribution in [0.2, 0.25) is 0 Å². The number of allylic oxidation sites excluding steroid dienone is 3. The smallest absolute Gasteiger partial charge is 0.337 e. The maximum atomic E-state index is 12.7. The van der Waals surface area contributed by atoms with Gasteiger partial charge >= 0.3 is 11.9 Å². The monoisotopic (exact) mass is 464 g/mol. The van der Waals surface area contributed by atoms with Crippen molar-refractivity contribution in [1.82, 2.24) is 10.6 Å². The Morgan fingerprint density at radius 2 is 1.91 bits per heavy atom. The van der Waals surface area contributed by atoms with E-state index in [2.05, 4.69) is 26.0 Å². The van der Waals surface area contributed by atoms with Crippen LogP contribution in [-0.4, -0.2) is 51.1 Å². The van der Waals surface area contributed by atoms with Crippen molar-refractivity contribution in [3.8, 4) is 0 Å². The van der Waals surface area contributed by atoms with E-state index in [0.717, 1.165) is 11.3 Å². The zero-order valence-electron chi connectivity index (χ0n) is 18.7. The zero-order chi connectivity index (χ0) is 24.2. The highest BCUT2D eigenvalue weighted by Gasteiger charge is 2.37. The number of esters is 2. The fraction of sp³-hybridized carbons (Fsp3) is 0.250. The van der Waals surface area contributed by atoms with Crippen LogP contribution in [0.15, 0.2) is 59.0 Å². The van der Waals surface area contributed by atoms with Gasteiger partial charge in [0.05, 0.1) is 32.9 Å². The Balaban J connectivity index is 1.45. The molecule has 1 unspecified atom stereocenters. The standard InChI is InChI=1S/C24H24N4O6/c1-33-21(30)12-25-11-20(29)26-15-5-8-17-13(9-15)4-7-18(27-17)22-16-6-3-14(24(32)34-2)10-19(16)28-23(22)31/h3-5,7-10,16,25,27H,6,11-12H2,1-2H3,(H,26,29)(H,28,31)/b22-18-. The van der Waals surface area contributed by atoms with Gasteiger partial charge in [-0.1, -0.05) is 12.2 Å². The average molecular weight is 464 g/mol. The number of ether oxygens (including phenoxy) is 2. The zero-order valence-corrected chi connectivity index (χ0v) is 18.7. The van der Waals surface area contributed by atoms with E-state index in [-0.39, 0.29) is 30.8 Å². The first-order valence-electron chi connectivity index (χ1n) is 10.6. The van der Waals surface area contributed by atoms with Gasteiger partial charge in [-0.15, -0.1) is 0 Å². The van der Waals surface area contributed by atoms with Crippen LogP contribution in [0.4, 0.5) is 11.4 Å². The van der Waals surface area contributed by atoms with Gasteiger partial charge in [0.1, 0.15) is 0 Å². The Morgan fingerprint density at radius 1 is 1.09 bits per heavy atom. The van der Waals surface area contributed by atoms with Gasteiger partial charge in [-0.25, -0.2) is 4.79 Å². The normalized spacial score (nSPS) is 20.2. The van der Waals surface area contributed by atoms with Crippen molar-refractivity contribution >= 4 is 41.2 Å². The van der Waals surface area contributed by atoms with E-state index in [1.807, 2.05) is 24.3 Å². The second kappa shape index (κ2) is 9.75. The highest BCUT2D eigenvalue weighted by molar-refractivity contribution is 6.03. The molecular weight excluding hydrogens is 440 g/mol. The lowest BCUT2D eigenvalue weighted by atomic mass is 9.88. The second-order valence-corrected chi connectivity index (χ2v) is 7.81. The van der Waals surface area contributed by atoms with Crippen molar-refractivity contribution in [2.24, 2.45) is 5.92 Å². The first-order chi connectivity index (χ1) is 16.4. The van der Waals surface area contributed by atoms with E-state index < -0.39 is 11.9 Å². The molecule has 1 atom stereocenters. The number of nitrogens with one attached hydrogen (secondary N) is 4. The number of methoxy groups -OCH3 is 2. The molecule has 3 aliphatic rings. The van der Waals surface area contributed by atoms with Crippen molar-refractivity contribution in [3.63, 3.8) is 0 Å². The lowest BCUT2D eigenvalue weighted by Gasteiger charge is -2.21. The summed E-state index contributed by atoms with van der Waals surface area (Å²) in [5.41, 5.74) is 4.61. The molecule has 2 aliphatic heterocycles. The summed E-state index contributed by atoms with van der Waals surface area (Å²) in [6.45, 7) is -0.0848. The quantitative estimate of drug-likeness (QED) is 0.365. The second-order valence-electron chi connectivity index (χ2n) is 7.81. The van der Waals surface area contributed by atoms with Crippen LogP contribution in [0.25, 0.3) is 6.08 Å². The van der Waals surface area contributed by atoms with Crippen molar-refractivity contribution in [3.05, 3.63) is 64.5 Å². The van der Waals surface area contributed by atoms with E-state index in [4.69, 9.17) is 4.74 Å². The molecule has 4 N–H and O–H groups in total. The van der Waals surface area contributed by atoms with Gasteiger partial charge in [-0.05, 0) is 36.8 Å². The predicted octanol–water partition coefficient (Wildman–Crippen LogP) is 1.21. The minimum absolute atomic E-state index is 0.0327. The van der Waals surface area contributed by atoms with Crippen LogP contribution in [-0.2, 0) is 28.7 Å². The molecule has 1 aliphatic carbocycles. The molecule has 2 amide bonds. The van der Waals surface area contributed by atoms with E-state index in [9.17, 15) is 19.2 Å². The topological polar surface area (TPSA) is 135 Å². The predicted molar refractivity (Wildman–Crippen MR) is 124 cm³/mol. The van der Waals surface area contributed by atoms with Crippen molar-refractivity contribution < 1.29 is 28.7 Å². The number of hydrogen-bond donors (Lipinski definition) is 4. The van der Waals surface area contributed by atoms with Gasteiger partial charge in [0.25, 0.3) is 5.91 Å². The van der Waals surface area contributed by atoms with Crippen molar-refractivity contribution in [2.75, 3.05) is 37.9 Å². The van der Waals surface area contributed by atoms with Crippen LogP contribution in [0.3, 0.4) is 0 Å². The third-order valence-electron chi connectivity index (χ3n) is 5.64. The molecule has 0 spiro atoms. The average Bonchev–Trinajstić information content (AvgIpc) is 3.17. The Hall–Kier alpha value is -4.18. The molecule has 0 bridgehead atoms. The molecule has 0 aromatic heterocycles. The fourth-order valence-electron chi connectivity index (χ4n) is 3.99. The fourth-order valence-corrected chi connectivity index (χ4v) is 3.99. The Morgan fingerprint density at radius 3 is 2.68 bits per heavy atom. The van der Waals surface area contributed by atoms with Crippen LogP contribution >= 0.6 is 0 Å². The number of fused-ring (bicyclic) bond motifs is 2. The summed E-state index contributed by atoms with van der Waals surface area (Å²) in [4.78, 5) is 47.7. The van der Waals surface area contributed by atoms with Gasteiger partial charge in [0, 0.05) is 39.8 Å². The van der Waals surface area contributed by atoms with Gasteiger partial charge in [-0.2, -0.15) is 0 Å². The number of carbonyl (C=O) groups is 4. The van der Waals surface area contributed by atoms with Crippen LogP contribution < -0.4 is 21.3 Å². The minimum atomic E-state index is -0.450. The van der Waals surface area contributed by atoms with E-state index in [0.29, 0.717) is 34.6 Å². The maximum absolute atomic E-state index is 12.7. The molecule has 176 valence electrons. The molecule has 1 aromatic carbocycles. The molecule has 1 aromatic rings. The van der Waals surface area contributed by atoms with Crippen molar-refractivity contribution in [2.45, 2.75) is 6.42 Å². The summed E-state index contributed by atoms with van der Waals surface area (Å²) in [7, 11) is 2.60. The molecule has 4 rings (SSSR count). The summed E-state index contributed by atoms with van der Waals surface area (Å²) in [6.07, 6.45) is 7.62. The number of carbonyl (C=O) groups excluding carboxylic acids is 4. The number of benzene rings is 1.